The largest absolute Gasteiger partial charge is 0.399 e. The third-order valence-corrected chi connectivity index (χ3v) is 4.03. The third-order valence-electron chi connectivity index (χ3n) is 3.30. The number of thiophene rings is 1. The Morgan fingerprint density at radius 1 is 1.48 bits per heavy atom. The lowest BCUT2D eigenvalue weighted by atomic mass is 10.2. The number of nitrogens with one attached hydrogen (secondary N) is 1. The van der Waals surface area contributed by atoms with Gasteiger partial charge >= 0.3 is 0 Å². The number of rotatable bonds is 5. The second kappa shape index (κ2) is 6.69. The minimum Gasteiger partial charge on any atom is -0.399 e. The summed E-state index contributed by atoms with van der Waals surface area (Å²) >= 11 is 1.62. The summed E-state index contributed by atoms with van der Waals surface area (Å²) in [5.74, 6) is -0.762. The fraction of sp³-hybridized carbons (Fsp3) is 0.267. The molecule has 6 heteroatoms. The first-order valence-electron chi connectivity index (χ1n) is 6.54. The Bertz CT molecular complexity index is 615. The molecule has 0 saturated heterocycles. The molecule has 1 unspecified atom stereocenters. The monoisotopic (exact) mass is 307 g/mol. The van der Waals surface area contributed by atoms with Crippen molar-refractivity contribution in [2.75, 3.05) is 18.1 Å². The van der Waals surface area contributed by atoms with E-state index in [1.165, 1.54) is 18.2 Å². The van der Waals surface area contributed by atoms with Crippen molar-refractivity contribution < 1.29 is 9.18 Å². The lowest BCUT2D eigenvalue weighted by molar-refractivity contribution is -0.120. The molecule has 1 amide bonds. The number of hydrogen-bond acceptors (Lipinski definition) is 4. The van der Waals surface area contributed by atoms with Crippen LogP contribution >= 0.6 is 11.3 Å². The van der Waals surface area contributed by atoms with Gasteiger partial charge in [-0.1, -0.05) is 0 Å². The summed E-state index contributed by atoms with van der Waals surface area (Å²) < 4.78 is 13.6. The van der Waals surface area contributed by atoms with Crippen LogP contribution in [0.2, 0.25) is 0 Å². The van der Waals surface area contributed by atoms with Crippen LogP contribution in [0.15, 0.2) is 35.0 Å². The molecule has 2 aromatic rings. The highest BCUT2D eigenvalue weighted by atomic mass is 32.1. The molecule has 0 aliphatic heterocycles. The van der Waals surface area contributed by atoms with Crippen LogP contribution in [0.3, 0.4) is 0 Å². The number of nitrogens with two attached hydrogens (primary N) is 1. The number of nitrogens with zero attached hydrogens (tertiary/aromatic N) is 1. The molecular formula is C15H18FN3OS. The molecule has 0 saturated carbocycles. The molecule has 1 aromatic carbocycles. The number of nitrogen functional groups attached to an aromatic ring is 1. The molecule has 21 heavy (non-hydrogen) atoms. The Hall–Kier alpha value is -1.92. The molecule has 0 spiro atoms. The van der Waals surface area contributed by atoms with Gasteiger partial charge in [-0.15, -0.1) is 0 Å². The van der Waals surface area contributed by atoms with Gasteiger partial charge in [-0.3, -0.25) is 9.69 Å². The standard InChI is InChI=1S/C15H18FN3OS/c1-10(19(2)8-11-5-6-21-9-11)15(20)18-14-7-12(17)3-4-13(14)16/h3-7,9-10H,8,17H2,1-2H3,(H,18,20). The molecule has 3 N–H and O–H groups in total. The van der Waals surface area contributed by atoms with Crippen molar-refractivity contribution in [3.63, 3.8) is 0 Å². The number of benzene rings is 1. The van der Waals surface area contributed by atoms with E-state index in [0.29, 0.717) is 12.2 Å². The Kier molecular flexibility index (Phi) is 4.93. The van der Waals surface area contributed by atoms with E-state index in [9.17, 15) is 9.18 Å². The van der Waals surface area contributed by atoms with Crippen molar-refractivity contribution >= 4 is 28.6 Å². The highest BCUT2D eigenvalue weighted by molar-refractivity contribution is 7.07. The van der Waals surface area contributed by atoms with Gasteiger partial charge in [-0.2, -0.15) is 11.3 Å². The normalized spacial score (nSPS) is 12.4. The number of carbonyl (C=O) groups is 1. The van der Waals surface area contributed by atoms with Crippen LogP contribution in [0.25, 0.3) is 0 Å². The van der Waals surface area contributed by atoms with Gasteiger partial charge < -0.3 is 11.1 Å². The summed E-state index contributed by atoms with van der Waals surface area (Å²) in [4.78, 5) is 14.1. The Labute approximate surface area is 127 Å². The fourth-order valence-corrected chi connectivity index (χ4v) is 2.54. The predicted molar refractivity (Wildman–Crippen MR) is 84.7 cm³/mol. The summed E-state index contributed by atoms with van der Waals surface area (Å²) in [5.41, 5.74) is 7.27. The zero-order valence-corrected chi connectivity index (χ0v) is 12.8. The van der Waals surface area contributed by atoms with E-state index in [4.69, 9.17) is 5.73 Å². The first-order chi connectivity index (χ1) is 9.97. The Morgan fingerprint density at radius 3 is 2.90 bits per heavy atom. The second-order valence-corrected chi connectivity index (χ2v) is 5.73. The van der Waals surface area contributed by atoms with Gasteiger partial charge in [-0.05, 0) is 54.6 Å². The van der Waals surface area contributed by atoms with Crippen LogP contribution in [0, 0.1) is 5.82 Å². The van der Waals surface area contributed by atoms with Gasteiger partial charge in [0.15, 0.2) is 0 Å². The van der Waals surface area contributed by atoms with Crippen molar-refractivity contribution in [2.24, 2.45) is 0 Å². The highest BCUT2D eigenvalue weighted by Gasteiger charge is 2.19. The molecule has 0 aliphatic carbocycles. The first-order valence-corrected chi connectivity index (χ1v) is 7.49. The minimum absolute atomic E-state index is 0.107. The minimum atomic E-state index is -0.495. The number of amides is 1. The molecule has 1 heterocycles. The average Bonchev–Trinajstić information content (AvgIpc) is 2.94. The lowest BCUT2D eigenvalue weighted by Crippen LogP contribution is -2.39. The van der Waals surface area contributed by atoms with Gasteiger partial charge in [0.2, 0.25) is 5.91 Å². The van der Waals surface area contributed by atoms with Crippen molar-refractivity contribution in [2.45, 2.75) is 19.5 Å². The van der Waals surface area contributed by atoms with Gasteiger partial charge in [0.25, 0.3) is 0 Å². The molecule has 112 valence electrons. The molecule has 2 rings (SSSR count). The van der Waals surface area contributed by atoms with Gasteiger partial charge in [0.05, 0.1) is 11.7 Å². The van der Waals surface area contributed by atoms with E-state index in [0.717, 1.165) is 5.56 Å². The molecule has 4 nitrogen and oxygen atoms in total. The van der Waals surface area contributed by atoms with Gasteiger partial charge in [0, 0.05) is 12.2 Å². The van der Waals surface area contributed by atoms with E-state index in [2.05, 4.69) is 5.32 Å². The van der Waals surface area contributed by atoms with Gasteiger partial charge in [0.1, 0.15) is 5.82 Å². The highest BCUT2D eigenvalue weighted by Crippen LogP contribution is 2.18. The summed E-state index contributed by atoms with van der Waals surface area (Å²) in [6.45, 7) is 2.45. The van der Waals surface area contributed by atoms with E-state index >= 15 is 0 Å². The average molecular weight is 307 g/mol. The topological polar surface area (TPSA) is 58.4 Å². The zero-order valence-electron chi connectivity index (χ0n) is 12.0. The van der Waals surface area contributed by atoms with Crippen LogP contribution in [0.5, 0.6) is 0 Å². The second-order valence-electron chi connectivity index (χ2n) is 4.95. The number of halogens is 1. The number of carbonyl (C=O) groups excluding carboxylic acids is 1. The Balaban J connectivity index is 2.00. The summed E-state index contributed by atoms with van der Waals surface area (Å²) in [6, 6.07) is 5.75. The van der Waals surface area contributed by atoms with E-state index in [-0.39, 0.29) is 17.6 Å². The summed E-state index contributed by atoms with van der Waals surface area (Å²) in [7, 11) is 1.86. The lowest BCUT2D eigenvalue weighted by Gasteiger charge is -2.23. The quantitative estimate of drug-likeness (QED) is 0.835. The molecular weight excluding hydrogens is 289 g/mol. The predicted octanol–water partition coefficient (Wildman–Crippen LogP) is 2.93. The van der Waals surface area contributed by atoms with E-state index < -0.39 is 5.82 Å². The van der Waals surface area contributed by atoms with Crippen molar-refractivity contribution in [3.8, 4) is 0 Å². The number of anilines is 2. The fourth-order valence-electron chi connectivity index (χ4n) is 1.88. The summed E-state index contributed by atoms with van der Waals surface area (Å²) in [5, 5.41) is 6.61. The van der Waals surface area contributed by atoms with Crippen LogP contribution in [-0.2, 0) is 11.3 Å². The van der Waals surface area contributed by atoms with Crippen molar-refractivity contribution in [1.29, 1.82) is 0 Å². The van der Waals surface area contributed by atoms with Crippen molar-refractivity contribution in [3.05, 3.63) is 46.4 Å². The van der Waals surface area contributed by atoms with Crippen molar-refractivity contribution in [1.82, 2.24) is 4.90 Å². The number of likely N-dealkylation sites (N-methyl/N-ethyl adjacent to an activating group) is 1. The van der Waals surface area contributed by atoms with E-state index in [1.54, 1.807) is 18.3 Å². The maximum Gasteiger partial charge on any atom is 0.241 e. The van der Waals surface area contributed by atoms with Crippen LogP contribution in [-0.4, -0.2) is 23.9 Å². The van der Waals surface area contributed by atoms with E-state index in [1.807, 2.05) is 28.8 Å². The maximum absolute atomic E-state index is 13.6. The first kappa shape index (κ1) is 15.5. The SMILES string of the molecule is CC(C(=O)Nc1cc(N)ccc1F)N(C)Cc1ccsc1. The maximum atomic E-state index is 13.6. The molecule has 1 atom stereocenters. The molecule has 0 aliphatic rings. The van der Waals surface area contributed by atoms with Crippen LogP contribution in [0.4, 0.5) is 15.8 Å². The van der Waals surface area contributed by atoms with Gasteiger partial charge in [-0.25, -0.2) is 4.39 Å². The third kappa shape index (κ3) is 4.03. The number of hydrogen-bond donors (Lipinski definition) is 2. The summed E-state index contributed by atoms with van der Waals surface area (Å²) in [6.07, 6.45) is 0. The molecule has 0 radical (unpaired) electrons. The smallest absolute Gasteiger partial charge is 0.241 e. The molecule has 1 aromatic heterocycles. The molecule has 0 bridgehead atoms. The van der Waals surface area contributed by atoms with Crippen LogP contribution < -0.4 is 11.1 Å². The van der Waals surface area contributed by atoms with Crippen LogP contribution in [0.1, 0.15) is 12.5 Å². The molecule has 0 fully saturated rings. The Morgan fingerprint density at radius 2 is 2.24 bits per heavy atom. The zero-order chi connectivity index (χ0) is 15.4.